The zero-order valence-corrected chi connectivity index (χ0v) is 14.3. The molecule has 2 unspecified atom stereocenters. The lowest BCUT2D eigenvalue weighted by molar-refractivity contribution is -0.137. The van der Waals surface area contributed by atoms with Gasteiger partial charge in [-0.05, 0) is 37.2 Å². The molecule has 1 aromatic carbocycles. The van der Waals surface area contributed by atoms with Gasteiger partial charge in [-0.2, -0.15) is 0 Å². The zero-order valence-electron chi connectivity index (χ0n) is 14.3. The second-order valence-electron chi connectivity index (χ2n) is 6.92. The van der Waals surface area contributed by atoms with Gasteiger partial charge in [-0.3, -0.25) is 9.69 Å². The summed E-state index contributed by atoms with van der Waals surface area (Å²) in [5.74, 6) is 0.637. The first-order valence-electron chi connectivity index (χ1n) is 8.91. The van der Waals surface area contributed by atoms with Gasteiger partial charge in [-0.1, -0.05) is 37.3 Å². The van der Waals surface area contributed by atoms with Crippen LogP contribution in [0.1, 0.15) is 38.2 Å². The van der Waals surface area contributed by atoms with Crippen LogP contribution in [0.25, 0.3) is 0 Å². The third-order valence-corrected chi connectivity index (χ3v) is 4.95. The number of benzene rings is 1. The van der Waals surface area contributed by atoms with Gasteiger partial charge >= 0.3 is 6.09 Å². The molecule has 0 N–H and O–H groups in total. The summed E-state index contributed by atoms with van der Waals surface area (Å²) < 4.78 is 5.42. The first-order valence-corrected chi connectivity index (χ1v) is 8.91. The van der Waals surface area contributed by atoms with Crippen molar-refractivity contribution in [3.8, 4) is 0 Å². The molecule has 2 aliphatic rings. The van der Waals surface area contributed by atoms with Gasteiger partial charge in [0.25, 0.3) is 0 Å². The molecular weight excluding hydrogens is 304 g/mol. The predicted octanol–water partition coefficient (Wildman–Crippen LogP) is 3.05. The van der Waals surface area contributed by atoms with E-state index in [0.717, 1.165) is 37.9 Å². The molecule has 2 amide bonds. The smallest absolute Gasteiger partial charge is 0.410 e. The lowest BCUT2D eigenvalue weighted by Crippen LogP contribution is -2.50. The summed E-state index contributed by atoms with van der Waals surface area (Å²) in [6, 6.07) is 9.27. The van der Waals surface area contributed by atoms with Crippen molar-refractivity contribution >= 4 is 12.0 Å². The Kier molecular flexibility index (Phi) is 5.38. The van der Waals surface area contributed by atoms with Gasteiger partial charge in [0.2, 0.25) is 5.91 Å². The molecule has 5 heteroatoms. The summed E-state index contributed by atoms with van der Waals surface area (Å²) in [6.45, 7) is 4.65. The monoisotopic (exact) mass is 330 g/mol. The molecule has 2 saturated heterocycles. The number of hydrogen-bond acceptors (Lipinski definition) is 3. The lowest BCUT2D eigenvalue weighted by atomic mass is 9.99. The van der Waals surface area contributed by atoms with Crippen LogP contribution in [0, 0.1) is 5.92 Å². The number of hydrogen-bond donors (Lipinski definition) is 0. The SMILES string of the molecule is CC1CCCN(C(=O)C2CCCN2C(=O)OCc2ccccc2)C1. The molecule has 2 aliphatic heterocycles. The number of ether oxygens (including phenoxy) is 1. The van der Waals surface area contributed by atoms with E-state index in [-0.39, 0.29) is 24.6 Å². The van der Waals surface area contributed by atoms with Crippen LogP contribution in [0.15, 0.2) is 30.3 Å². The van der Waals surface area contributed by atoms with Crippen LogP contribution in [0.2, 0.25) is 0 Å². The van der Waals surface area contributed by atoms with E-state index in [1.807, 2.05) is 35.2 Å². The Morgan fingerprint density at radius 3 is 2.62 bits per heavy atom. The Morgan fingerprint density at radius 2 is 1.88 bits per heavy atom. The zero-order chi connectivity index (χ0) is 16.9. The quantitative estimate of drug-likeness (QED) is 0.856. The fourth-order valence-electron chi connectivity index (χ4n) is 3.64. The van der Waals surface area contributed by atoms with E-state index in [1.165, 1.54) is 6.42 Å². The molecule has 2 fully saturated rings. The second-order valence-corrected chi connectivity index (χ2v) is 6.92. The Balaban J connectivity index is 1.58. The Bertz CT molecular complexity index is 575. The average molecular weight is 330 g/mol. The first-order chi connectivity index (χ1) is 11.6. The standard InChI is InChI=1S/C19H26N2O3/c1-15-7-5-11-20(13-15)18(22)17-10-6-12-21(17)19(23)24-14-16-8-3-2-4-9-16/h2-4,8-9,15,17H,5-7,10-14H2,1H3. The largest absolute Gasteiger partial charge is 0.445 e. The van der Waals surface area contributed by atoms with Gasteiger partial charge in [0.05, 0.1) is 0 Å². The van der Waals surface area contributed by atoms with Crippen LogP contribution in [0.4, 0.5) is 4.79 Å². The van der Waals surface area contributed by atoms with Crippen molar-refractivity contribution in [2.45, 2.75) is 45.3 Å². The van der Waals surface area contributed by atoms with E-state index in [9.17, 15) is 9.59 Å². The fraction of sp³-hybridized carbons (Fsp3) is 0.579. The molecule has 1 aromatic rings. The highest BCUT2D eigenvalue weighted by Gasteiger charge is 2.38. The Labute approximate surface area is 143 Å². The lowest BCUT2D eigenvalue weighted by Gasteiger charge is -2.34. The van der Waals surface area contributed by atoms with E-state index in [0.29, 0.717) is 12.5 Å². The number of nitrogens with zero attached hydrogens (tertiary/aromatic N) is 2. The van der Waals surface area contributed by atoms with Crippen molar-refractivity contribution in [2.75, 3.05) is 19.6 Å². The minimum atomic E-state index is -0.375. The number of amides is 2. The maximum Gasteiger partial charge on any atom is 0.410 e. The van der Waals surface area contributed by atoms with Crippen LogP contribution < -0.4 is 0 Å². The van der Waals surface area contributed by atoms with E-state index < -0.39 is 0 Å². The Hall–Kier alpha value is -2.04. The number of rotatable bonds is 3. The molecule has 3 rings (SSSR count). The number of piperidine rings is 1. The van der Waals surface area contributed by atoms with Crippen molar-refractivity contribution in [1.29, 1.82) is 0 Å². The second kappa shape index (κ2) is 7.69. The van der Waals surface area contributed by atoms with Gasteiger partial charge in [0.1, 0.15) is 12.6 Å². The Morgan fingerprint density at radius 1 is 1.12 bits per heavy atom. The molecule has 130 valence electrons. The molecule has 0 spiro atoms. The van der Waals surface area contributed by atoms with Gasteiger partial charge in [0.15, 0.2) is 0 Å². The number of carbonyl (C=O) groups is 2. The molecule has 2 atom stereocenters. The van der Waals surface area contributed by atoms with E-state index >= 15 is 0 Å². The molecule has 5 nitrogen and oxygen atoms in total. The van der Waals surface area contributed by atoms with E-state index in [2.05, 4.69) is 6.92 Å². The molecule has 0 saturated carbocycles. The van der Waals surface area contributed by atoms with Crippen LogP contribution in [-0.4, -0.2) is 47.5 Å². The highest BCUT2D eigenvalue weighted by molar-refractivity contribution is 5.86. The molecule has 0 aromatic heterocycles. The van der Waals surface area contributed by atoms with Gasteiger partial charge < -0.3 is 9.64 Å². The summed E-state index contributed by atoms with van der Waals surface area (Å²) in [5, 5.41) is 0. The molecular formula is C19H26N2O3. The molecule has 0 radical (unpaired) electrons. The van der Waals surface area contributed by atoms with Gasteiger partial charge in [0, 0.05) is 19.6 Å². The number of carbonyl (C=O) groups excluding carboxylic acids is 2. The van der Waals surface area contributed by atoms with Gasteiger partial charge in [-0.15, -0.1) is 0 Å². The van der Waals surface area contributed by atoms with Gasteiger partial charge in [-0.25, -0.2) is 4.79 Å². The van der Waals surface area contributed by atoms with Crippen molar-refractivity contribution < 1.29 is 14.3 Å². The molecule has 24 heavy (non-hydrogen) atoms. The third kappa shape index (κ3) is 3.89. The van der Waals surface area contributed by atoms with Crippen LogP contribution in [0.3, 0.4) is 0 Å². The summed E-state index contributed by atoms with van der Waals surface area (Å²) in [5.41, 5.74) is 0.956. The van der Waals surface area contributed by atoms with E-state index in [4.69, 9.17) is 4.74 Å². The first kappa shape index (κ1) is 16.8. The summed E-state index contributed by atoms with van der Waals surface area (Å²) in [7, 11) is 0. The topological polar surface area (TPSA) is 49.9 Å². The molecule has 0 aliphatic carbocycles. The van der Waals surface area contributed by atoms with Crippen LogP contribution >= 0.6 is 0 Å². The average Bonchev–Trinajstić information content (AvgIpc) is 3.09. The molecule has 0 bridgehead atoms. The van der Waals surface area contributed by atoms with Crippen molar-refractivity contribution in [1.82, 2.24) is 9.80 Å². The minimum absolute atomic E-state index is 0.0933. The number of likely N-dealkylation sites (tertiary alicyclic amines) is 2. The van der Waals surface area contributed by atoms with E-state index in [1.54, 1.807) is 4.90 Å². The molecule has 2 heterocycles. The third-order valence-electron chi connectivity index (χ3n) is 4.95. The normalized spacial score (nSPS) is 24.0. The van der Waals surface area contributed by atoms with Crippen LogP contribution in [0.5, 0.6) is 0 Å². The van der Waals surface area contributed by atoms with Crippen molar-refractivity contribution in [3.63, 3.8) is 0 Å². The summed E-state index contributed by atoms with van der Waals surface area (Å²) >= 11 is 0. The summed E-state index contributed by atoms with van der Waals surface area (Å²) in [6.07, 6.45) is 3.46. The minimum Gasteiger partial charge on any atom is -0.445 e. The maximum absolute atomic E-state index is 12.8. The summed E-state index contributed by atoms with van der Waals surface area (Å²) in [4.78, 5) is 28.8. The highest BCUT2D eigenvalue weighted by Crippen LogP contribution is 2.24. The van der Waals surface area contributed by atoms with Crippen molar-refractivity contribution in [3.05, 3.63) is 35.9 Å². The van der Waals surface area contributed by atoms with Crippen molar-refractivity contribution in [2.24, 2.45) is 5.92 Å². The maximum atomic E-state index is 12.8. The highest BCUT2D eigenvalue weighted by atomic mass is 16.6. The fourth-order valence-corrected chi connectivity index (χ4v) is 3.64. The predicted molar refractivity (Wildman–Crippen MR) is 91.3 cm³/mol. The van der Waals surface area contributed by atoms with Crippen LogP contribution in [-0.2, 0) is 16.1 Å².